The molecule has 0 spiro atoms. The summed E-state index contributed by atoms with van der Waals surface area (Å²) >= 11 is 15.6. The molecule has 1 rings (SSSR count). The van der Waals surface area contributed by atoms with Crippen LogP contribution in [0.5, 0.6) is 5.75 Å². The molecule has 68 valence electrons. The zero-order chi connectivity index (χ0) is 9.40. The Balaban J connectivity index is 0.000000261. The number of aromatic hydroxyl groups is 1. The number of phenolic OH excluding ortho intramolecular Hbond substituents is 1. The van der Waals surface area contributed by atoms with Gasteiger partial charge in [0.05, 0.1) is 0 Å². The molecule has 0 radical (unpaired) electrons. The number of phenols is 1. The number of benzene rings is 1. The molecule has 0 atom stereocenters. The second kappa shape index (κ2) is 7.53. The van der Waals surface area contributed by atoms with Crippen molar-refractivity contribution in [2.24, 2.45) is 0 Å². The van der Waals surface area contributed by atoms with Gasteiger partial charge in [-0.25, -0.2) is 0 Å². The second-order valence-corrected chi connectivity index (χ2v) is 3.05. The summed E-state index contributed by atoms with van der Waals surface area (Å²) < 4.78 is 0. The number of rotatable bonds is 1. The summed E-state index contributed by atoms with van der Waals surface area (Å²) in [7, 11) is 0. The van der Waals surface area contributed by atoms with E-state index in [9.17, 15) is 0 Å². The van der Waals surface area contributed by atoms with Gasteiger partial charge in [-0.05, 0) is 24.3 Å². The largest absolute Gasteiger partial charge is 0.508 e. The van der Waals surface area contributed by atoms with E-state index < -0.39 is 0 Å². The van der Waals surface area contributed by atoms with Crippen LogP contribution in [0.3, 0.4) is 0 Å². The fraction of sp³-hybridized carbons (Fsp3) is 0.250. The molecule has 0 aromatic heterocycles. The average molecular weight is 228 g/mol. The van der Waals surface area contributed by atoms with Gasteiger partial charge < -0.3 is 5.11 Å². The highest BCUT2D eigenvalue weighted by Crippen LogP contribution is 2.12. The highest BCUT2D eigenvalue weighted by Gasteiger charge is 1.84. The van der Waals surface area contributed by atoms with Crippen molar-refractivity contribution in [3.8, 4) is 5.75 Å². The SMILES string of the molecule is ClCCCl.Oc1ccc(Cl)cc1. The van der Waals surface area contributed by atoms with Gasteiger partial charge in [0.2, 0.25) is 0 Å². The first-order chi connectivity index (χ1) is 5.70. The molecule has 0 bridgehead atoms. The van der Waals surface area contributed by atoms with Crippen LogP contribution in [-0.4, -0.2) is 16.9 Å². The molecule has 0 amide bonds. The van der Waals surface area contributed by atoms with E-state index in [1.165, 1.54) is 0 Å². The lowest BCUT2D eigenvalue weighted by atomic mass is 10.3. The van der Waals surface area contributed by atoms with E-state index in [0.29, 0.717) is 16.8 Å². The van der Waals surface area contributed by atoms with Gasteiger partial charge in [-0.2, -0.15) is 0 Å². The molecule has 0 aliphatic carbocycles. The molecule has 1 aromatic carbocycles. The maximum atomic E-state index is 8.70. The van der Waals surface area contributed by atoms with E-state index in [2.05, 4.69) is 0 Å². The maximum Gasteiger partial charge on any atom is 0.115 e. The molecule has 1 aromatic rings. The summed E-state index contributed by atoms with van der Waals surface area (Å²) in [5.74, 6) is 1.36. The van der Waals surface area contributed by atoms with Crippen molar-refractivity contribution in [3.05, 3.63) is 29.3 Å². The molecular weight excluding hydrogens is 218 g/mol. The Morgan fingerprint density at radius 3 is 1.67 bits per heavy atom. The van der Waals surface area contributed by atoms with Gasteiger partial charge >= 0.3 is 0 Å². The van der Waals surface area contributed by atoms with Gasteiger partial charge in [-0.15, -0.1) is 23.2 Å². The van der Waals surface area contributed by atoms with Crippen molar-refractivity contribution in [2.45, 2.75) is 0 Å². The Hall–Kier alpha value is -0.110. The highest BCUT2D eigenvalue weighted by atomic mass is 35.5. The number of hydrogen-bond acceptors (Lipinski definition) is 1. The fourth-order valence-electron chi connectivity index (χ4n) is 0.441. The summed E-state index contributed by atoms with van der Waals surface area (Å²) in [4.78, 5) is 0. The van der Waals surface area contributed by atoms with Crippen LogP contribution in [-0.2, 0) is 0 Å². The monoisotopic (exact) mass is 226 g/mol. The van der Waals surface area contributed by atoms with E-state index in [4.69, 9.17) is 39.9 Å². The molecule has 0 saturated heterocycles. The standard InChI is InChI=1S/C6H5ClO.C2H4Cl2/c7-5-1-3-6(8)4-2-5;3-1-2-4/h1-4,8H;1-2H2. The van der Waals surface area contributed by atoms with E-state index in [0.717, 1.165) is 0 Å². The van der Waals surface area contributed by atoms with Crippen LogP contribution < -0.4 is 0 Å². The molecule has 12 heavy (non-hydrogen) atoms. The lowest BCUT2D eigenvalue weighted by Gasteiger charge is -1.87. The molecular formula is C8H9Cl3O. The first-order valence-electron chi connectivity index (χ1n) is 3.27. The molecule has 0 fully saturated rings. The van der Waals surface area contributed by atoms with Crippen molar-refractivity contribution in [1.82, 2.24) is 0 Å². The molecule has 1 nitrogen and oxygen atoms in total. The zero-order valence-electron chi connectivity index (χ0n) is 6.30. The topological polar surface area (TPSA) is 20.2 Å². The smallest absolute Gasteiger partial charge is 0.115 e. The van der Waals surface area contributed by atoms with E-state index in [1.54, 1.807) is 24.3 Å². The van der Waals surface area contributed by atoms with Gasteiger partial charge in [0.25, 0.3) is 0 Å². The molecule has 0 heterocycles. The third-order valence-electron chi connectivity index (χ3n) is 0.898. The van der Waals surface area contributed by atoms with Gasteiger partial charge in [0, 0.05) is 16.8 Å². The molecule has 0 aliphatic heterocycles. The predicted molar refractivity (Wildman–Crippen MR) is 54.6 cm³/mol. The summed E-state index contributed by atoms with van der Waals surface area (Å²) in [5, 5.41) is 9.34. The van der Waals surface area contributed by atoms with Crippen LogP contribution in [0.4, 0.5) is 0 Å². The molecule has 0 saturated carbocycles. The summed E-state index contributed by atoms with van der Waals surface area (Å²) in [6.07, 6.45) is 0. The van der Waals surface area contributed by atoms with E-state index >= 15 is 0 Å². The van der Waals surface area contributed by atoms with Crippen LogP contribution in [0.25, 0.3) is 0 Å². The van der Waals surface area contributed by atoms with Crippen LogP contribution in [0.15, 0.2) is 24.3 Å². The maximum absolute atomic E-state index is 8.70. The summed E-state index contributed by atoms with van der Waals surface area (Å²) in [6.45, 7) is 0. The quantitative estimate of drug-likeness (QED) is 0.728. The zero-order valence-corrected chi connectivity index (χ0v) is 8.57. The average Bonchev–Trinajstić information content (AvgIpc) is 2.11. The van der Waals surface area contributed by atoms with E-state index in [-0.39, 0.29) is 5.75 Å². The minimum absolute atomic E-state index is 0.245. The normalized spacial score (nSPS) is 8.58. The van der Waals surface area contributed by atoms with Gasteiger partial charge in [-0.1, -0.05) is 11.6 Å². The Morgan fingerprint density at radius 2 is 1.42 bits per heavy atom. The Bertz CT molecular complexity index is 175. The van der Waals surface area contributed by atoms with Crippen molar-refractivity contribution >= 4 is 34.8 Å². The minimum Gasteiger partial charge on any atom is -0.508 e. The van der Waals surface area contributed by atoms with Gasteiger partial charge in [0.1, 0.15) is 5.75 Å². The van der Waals surface area contributed by atoms with Gasteiger partial charge in [-0.3, -0.25) is 0 Å². The third kappa shape index (κ3) is 6.59. The molecule has 1 N–H and O–H groups in total. The minimum atomic E-state index is 0.245. The first-order valence-corrected chi connectivity index (χ1v) is 4.72. The van der Waals surface area contributed by atoms with Crippen LogP contribution in [0, 0.1) is 0 Å². The van der Waals surface area contributed by atoms with Gasteiger partial charge in [0.15, 0.2) is 0 Å². The Morgan fingerprint density at radius 1 is 1.00 bits per heavy atom. The van der Waals surface area contributed by atoms with Crippen molar-refractivity contribution in [2.75, 3.05) is 11.8 Å². The number of alkyl halides is 2. The van der Waals surface area contributed by atoms with E-state index in [1.807, 2.05) is 0 Å². The Labute approximate surface area is 86.9 Å². The fourth-order valence-corrected chi connectivity index (χ4v) is 0.567. The molecule has 0 unspecified atom stereocenters. The third-order valence-corrected chi connectivity index (χ3v) is 1.72. The van der Waals surface area contributed by atoms with Crippen molar-refractivity contribution < 1.29 is 5.11 Å². The number of halogens is 3. The number of hydrogen-bond donors (Lipinski definition) is 1. The summed E-state index contributed by atoms with van der Waals surface area (Å²) in [5.41, 5.74) is 0. The van der Waals surface area contributed by atoms with Crippen LogP contribution in [0.2, 0.25) is 5.02 Å². The lowest BCUT2D eigenvalue weighted by molar-refractivity contribution is 0.475. The predicted octanol–water partition coefficient (Wildman–Crippen LogP) is 3.51. The Kier molecular flexibility index (Phi) is 7.47. The first kappa shape index (κ1) is 11.9. The highest BCUT2D eigenvalue weighted by molar-refractivity contribution is 6.30. The van der Waals surface area contributed by atoms with Crippen LogP contribution in [0.1, 0.15) is 0 Å². The molecule has 0 aliphatic rings. The van der Waals surface area contributed by atoms with Crippen molar-refractivity contribution in [3.63, 3.8) is 0 Å². The summed E-state index contributed by atoms with van der Waals surface area (Å²) in [6, 6.07) is 6.36. The molecule has 4 heteroatoms. The van der Waals surface area contributed by atoms with Crippen molar-refractivity contribution in [1.29, 1.82) is 0 Å². The lowest BCUT2D eigenvalue weighted by Crippen LogP contribution is -1.63. The van der Waals surface area contributed by atoms with Crippen LogP contribution >= 0.6 is 34.8 Å². The second-order valence-electron chi connectivity index (χ2n) is 1.85.